The van der Waals surface area contributed by atoms with Crippen LogP contribution in [0, 0.1) is 6.92 Å². The molecule has 12 aromatic rings. The Morgan fingerprint density at radius 3 is 1.24 bits per heavy atom. The first-order valence-corrected chi connectivity index (χ1v) is 31.9. The normalized spacial score (nSPS) is 15.4. The number of thiophene rings is 2. The third kappa shape index (κ3) is 8.56. The monoisotopic (exact) mass is 1200 g/mol. The van der Waals surface area contributed by atoms with Gasteiger partial charge in [0.15, 0.2) is 0 Å². The van der Waals surface area contributed by atoms with Crippen molar-refractivity contribution in [3.8, 4) is 22.3 Å². The smallest absolute Gasteiger partial charge is 0.423 e. The number of fused-ring (bicyclic) bond motifs is 16. The van der Waals surface area contributed by atoms with Crippen LogP contribution in [0.5, 0.6) is 0 Å². The van der Waals surface area contributed by atoms with Gasteiger partial charge >= 0.3 is 26.0 Å². The average Bonchev–Trinajstić information content (AvgIpc) is 1.77. The number of hydrogen-bond donors (Lipinski definition) is 2. The minimum absolute atomic E-state index is 0. The van der Waals surface area contributed by atoms with E-state index in [1.807, 2.05) is 34.8 Å². The predicted molar refractivity (Wildman–Crippen MR) is 365 cm³/mol. The van der Waals surface area contributed by atoms with Gasteiger partial charge in [0.25, 0.3) is 0 Å². The summed E-state index contributed by atoms with van der Waals surface area (Å²) in [6.45, 7) is 24.3. The zero-order valence-corrected chi connectivity index (χ0v) is 53.4. The molecule has 2 aliphatic carbocycles. The quantitative estimate of drug-likeness (QED) is 0.136. The van der Waals surface area contributed by atoms with Gasteiger partial charge in [-0.25, -0.2) is 0 Å². The van der Waals surface area contributed by atoms with E-state index < -0.39 is 12.5 Å². The largest absolute Gasteiger partial charge is 1.00 e. The summed E-state index contributed by atoms with van der Waals surface area (Å²) in [5.41, 5.74) is 22.2. The molecule has 4 aliphatic rings. The molecule has 2 aromatic heterocycles. The maximum absolute atomic E-state index is 10.3. The van der Waals surface area contributed by atoms with Crippen LogP contribution in [-0.4, -0.2) is 17.2 Å². The first-order valence-electron chi connectivity index (χ1n) is 29.5. The van der Waals surface area contributed by atoms with Gasteiger partial charge in [0.2, 0.25) is 0 Å². The molecule has 4 heterocycles. The van der Waals surface area contributed by atoms with Crippen LogP contribution in [0.3, 0.4) is 0 Å². The molecule has 0 unspecified atom stereocenters. The van der Waals surface area contributed by atoms with E-state index >= 15 is 0 Å². The zero-order chi connectivity index (χ0) is 58.4. The molecule has 0 radical (unpaired) electrons. The summed E-state index contributed by atoms with van der Waals surface area (Å²) >= 11 is 7.65. The number of nitrogens with zero attached hydrogens (tertiary/aromatic N) is 2. The minimum atomic E-state index is -1.53. The van der Waals surface area contributed by atoms with Crippen LogP contribution in [0.2, 0.25) is 0 Å². The second-order valence-corrected chi connectivity index (χ2v) is 28.2. The third-order valence-corrected chi connectivity index (χ3v) is 21.8. The average molecular weight is 1200 g/mol. The Morgan fingerprint density at radius 1 is 0.400 bits per heavy atom. The molecule has 2 aliphatic heterocycles. The van der Waals surface area contributed by atoms with E-state index in [1.54, 1.807) is 0 Å². The van der Waals surface area contributed by atoms with Crippen LogP contribution in [0.1, 0.15) is 120 Å². The van der Waals surface area contributed by atoms with Crippen molar-refractivity contribution in [2.75, 3.05) is 9.80 Å². The maximum Gasteiger partial charge on any atom is 1.00 e. The van der Waals surface area contributed by atoms with Crippen LogP contribution in [-0.2, 0) is 21.7 Å². The van der Waals surface area contributed by atoms with Crippen LogP contribution in [0.4, 0.5) is 34.1 Å². The summed E-state index contributed by atoms with van der Waals surface area (Å²) in [5.74, 6) is 0. The predicted octanol–water partition coefficient (Wildman–Crippen LogP) is 18.0. The first-order chi connectivity index (χ1) is 40.4. The van der Waals surface area contributed by atoms with E-state index in [1.165, 1.54) is 130 Å². The van der Waals surface area contributed by atoms with Gasteiger partial charge in [0, 0.05) is 66.5 Å². The number of unbranched alkanes of at least 4 members (excludes halogenated alkanes) is 1. The molecule has 0 fully saturated rings. The van der Waals surface area contributed by atoms with Gasteiger partial charge in [-0.1, -0.05) is 212 Å². The number of hydrogen-bond acceptors (Lipinski definition) is 6. The standard InChI is InChI=1S/C36H30BNO2S.C36H28BrNS.C4H9.Li/c1-35(2)25-14-6-7-16-28(25)38(30-20-32-24(19-26(30)35)21-11-5-8-18-31(21)41-32)29-17-10-13-23-22-12-9-15-27(37(39)40)33(22)36(3,4)34(23)29;1-35(2)25-14-6-7-16-28(25)38(30-20-32-24(19-26(30)35)21-11-5-8-18-31(21)39-32)29-17-10-13-23-22-12-9-15-27(37)33(22)36(3,4)34(23)29;1-3-4-2;/h5-20,39-40H,1-4H3;5-20H,1-4H3;1,3-4H2,2H3;/q;;-1;+1. The van der Waals surface area contributed by atoms with E-state index in [0.717, 1.165) is 28.8 Å². The Labute approximate surface area is 529 Å². The fraction of sp³-hybridized carbons (Fsp3) is 0.197. The molecule has 2 N–H and O–H groups in total. The topological polar surface area (TPSA) is 46.9 Å². The zero-order valence-electron chi connectivity index (χ0n) is 50.2. The Hall–Kier alpha value is -6.70. The summed E-state index contributed by atoms with van der Waals surface area (Å²) < 4.78 is 6.45. The number of rotatable bonds is 4. The summed E-state index contributed by atoms with van der Waals surface area (Å²) in [6.07, 6.45) is 2.28. The van der Waals surface area contributed by atoms with Crippen LogP contribution in [0.15, 0.2) is 199 Å². The third-order valence-electron chi connectivity index (χ3n) is 18.8. The van der Waals surface area contributed by atoms with Gasteiger partial charge in [0.1, 0.15) is 0 Å². The van der Waals surface area contributed by atoms with Crippen molar-refractivity contribution in [2.45, 2.75) is 96.8 Å². The van der Waals surface area contributed by atoms with E-state index in [0.29, 0.717) is 5.46 Å². The van der Waals surface area contributed by atoms with E-state index in [9.17, 15) is 10.0 Å². The molecule has 416 valence electrons. The van der Waals surface area contributed by atoms with Crippen molar-refractivity contribution >= 4 is 126 Å². The Bertz CT molecular complexity index is 4680. The molecule has 4 nitrogen and oxygen atoms in total. The molecule has 0 saturated heterocycles. The van der Waals surface area contributed by atoms with Gasteiger partial charge in [-0.3, -0.25) is 0 Å². The van der Waals surface area contributed by atoms with Gasteiger partial charge < -0.3 is 26.8 Å². The Balaban J connectivity index is 0.000000147. The van der Waals surface area contributed by atoms with Gasteiger partial charge in [0.05, 0.1) is 34.1 Å². The summed E-state index contributed by atoms with van der Waals surface area (Å²) in [7, 11) is -1.53. The summed E-state index contributed by atoms with van der Waals surface area (Å²) in [6, 6.07) is 71.0. The summed E-state index contributed by atoms with van der Waals surface area (Å²) in [4.78, 5) is 5.02. The molecule has 16 rings (SSSR count). The molecule has 0 atom stereocenters. The molecule has 0 saturated carbocycles. The molecule has 0 bridgehead atoms. The molecular formula is C76H67BBrLiN2O2S2. The van der Waals surface area contributed by atoms with Gasteiger partial charge in [-0.15, -0.1) is 22.7 Å². The number of halogens is 1. The molecule has 0 spiro atoms. The van der Waals surface area contributed by atoms with Crippen molar-refractivity contribution in [2.24, 2.45) is 0 Å². The number of para-hydroxylation sites is 2. The van der Waals surface area contributed by atoms with Gasteiger partial charge in [-0.05, 0) is 139 Å². The van der Waals surface area contributed by atoms with E-state index in [2.05, 4.69) is 277 Å². The van der Waals surface area contributed by atoms with Crippen LogP contribution < -0.4 is 34.1 Å². The maximum atomic E-state index is 10.3. The minimum Gasteiger partial charge on any atom is -0.423 e. The Morgan fingerprint density at radius 2 is 0.776 bits per heavy atom. The Kier molecular flexibility index (Phi) is 14.2. The number of benzene rings is 10. The van der Waals surface area contributed by atoms with Crippen molar-refractivity contribution in [1.29, 1.82) is 0 Å². The SMILES string of the molecule is CC1(C)c2ccccc2N(c2cccc3c2C(C)(C)c2c(B(O)O)cccc2-3)c2cc3sc4ccccc4c3cc21.CC1(C)c2ccccc2N(c2cccc3c2C(C)(C)c2c(Br)cccc2-3)c2cc3sc4ccccc4c3cc21.[CH2-]CCC.[Li+]. The van der Waals surface area contributed by atoms with Crippen molar-refractivity contribution < 1.29 is 28.9 Å². The van der Waals surface area contributed by atoms with Gasteiger partial charge in [-0.2, -0.15) is 6.42 Å². The van der Waals surface area contributed by atoms with E-state index in [-0.39, 0.29) is 35.1 Å². The first kappa shape index (κ1) is 57.4. The van der Waals surface area contributed by atoms with Crippen molar-refractivity contribution in [3.05, 3.63) is 250 Å². The summed E-state index contributed by atoms with van der Waals surface area (Å²) in [5, 5.41) is 26.0. The van der Waals surface area contributed by atoms with Crippen LogP contribution in [0.25, 0.3) is 62.6 Å². The van der Waals surface area contributed by atoms with E-state index in [4.69, 9.17) is 0 Å². The second kappa shape index (κ2) is 21.0. The van der Waals surface area contributed by atoms with Crippen LogP contribution >= 0.6 is 38.6 Å². The molecule has 0 amide bonds. The molecule has 9 heteroatoms. The van der Waals surface area contributed by atoms with Crippen molar-refractivity contribution in [3.63, 3.8) is 0 Å². The molecular weight excluding hydrogens is 1130 g/mol. The number of anilines is 6. The fourth-order valence-electron chi connectivity index (χ4n) is 14.9. The molecule has 10 aromatic carbocycles. The molecule has 85 heavy (non-hydrogen) atoms. The van der Waals surface area contributed by atoms with Crippen molar-refractivity contribution in [1.82, 2.24) is 0 Å². The fourth-order valence-corrected chi connectivity index (χ4v) is 18.0. The second-order valence-electron chi connectivity index (χ2n) is 25.2.